The van der Waals surface area contributed by atoms with Gasteiger partial charge in [0.25, 0.3) is 5.91 Å². The quantitative estimate of drug-likeness (QED) is 0.803. The van der Waals surface area contributed by atoms with Crippen molar-refractivity contribution < 1.29 is 9.59 Å². The van der Waals surface area contributed by atoms with Crippen LogP contribution in [0, 0.1) is 0 Å². The molecule has 3 rings (SSSR count). The second-order valence-corrected chi connectivity index (χ2v) is 7.66. The lowest BCUT2D eigenvalue weighted by Crippen LogP contribution is -2.53. The van der Waals surface area contributed by atoms with Crippen molar-refractivity contribution in [2.24, 2.45) is 0 Å². The molecule has 8 heteroatoms. The van der Waals surface area contributed by atoms with Gasteiger partial charge in [-0.1, -0.05) is 11.4 Å². The van der Waals surface area contributed by atoms with Crippen molar-refractivity contribution >= 4 is 23.3 Å². The summed E-state index contributed by atoms with van der Waals surface area (Å²) in [6.07, 6.45) is 4.16. The van der Waals surface area contributed by atoms with E-state index in [1.165, 1.54) is 18.0 Å². The zero-order valence-electron chi connectivity index (χ0n) is 15.1. The van der Waals surface area contributed by atoms with Gasteiger partial charge in [0.2, 0.25) is 5.91 Å². The van der Waals surface area contributed by atoms with Crippen LogP contribution in [0.25, 0.3) is 0 Å². The number of likely N-dealkylation sites (tertiary alicyclic amines) is 1. The fourth-order valence-corrected chi connectivity index (χ4v) is 4.32. The summed E-state index contributed by atoms with van der Waals surface area (Å²) in [4.78, 5) is 31.9. The van der Waals surface area contributed by atoms with Crippen molar-refractivity contribution in [3.05, 3.63) is 10.6 Å². The summed E-state index contributed by atoms with van der Waals surface area (Å²) in [5.74, 6) is 0.259. The second-order valence-electron chi connectivity index (χ2n) is 6.90. The largest absolute Gasteiger partial charge is 0.339 e. The van der Waals surface area contributed by atoms with Gasteiger partial charge in [0.15, 0.2) is 0 Å². The zero-order valence-corrected chi connectivity index (χ0v) is 15.9. The summed E-state index contributed by atoms with van der Waals surface area (Å²) in [6, 6.07) is 0.357. The standard InChI is InChI=1S/C17H27N5O2S/c1-3-14-16(25-19-18-14)17(24)21-10-8-20(9-11-21)12-15(23)22-7-5-4-6-13(22)2/h13H,3-12H2,1-2H3. The third kappa shape index (κ3) is 4.17. The van der Waals surface area contributed by atoms with E-state index in [4.69, 9.17) is 0 Å². The van der Waals surface area contributed by atoms with Crippen LogP contribution in [0.4, 0.5) is 0 Å². The van der Waals surface area contributed by atoms with Crippen molar-refractivity contribution in [1.29, 1.82) is 0 Å². The Hall–Kier alpha value is -1.54. The van der Waals surface area contributed by atoms with E-state index in [1.807, 2.05) is 16.7 Å². The van der Waals surface area contributed by atoms with Crippen molar-refractivity contribution in [3.63, 3.8) is 0 Å². The van der Waals surface area contributed by atoms with Crippen LogP contribution >= 0.6 is 11.5 Å². The normalized spacial score (nSPS) is 22.2. The van der Waals surface area contributed by atoms with Crippen molar-refractivity contribution in [3.8, 4) is 0 Å². The molecule has 1 aromatic heterocycles. The van der Waals surface area contributed by atoms with Crippen LogP contribution in [0.2, 0.25) is 0 Å². The number of piperazine rings is 1. The number of aromatic nitrogens is 2. The Balaban J connectivity index is 1.50. The Morgan fingerprint density at radius 3 is 2.60 bits per heavy atom. The SMILES string of the molecule is CCc1nnsc1C(=O)N1CCN(CC(=O)N2CCCCC2C)CC1. The molecule has 0 aromatic carbocycles. The van der Waals surface area contributed by atoms with E-state index in [0.717, 1.165) is 44.6 Å². The van der Waals surface area contributed by atoms with Gasteiger partial charge < -0.3 is 9.80 Å². The molecule has 2 fully saturated rings. The number of aryl methyl sites for hydroxylation is 1. The first-order valence-electron chi connectivity index (χ1n) is 9.22. The number of amides is 2. The maximum atomic E-state index is 12.6. The molecular formula is C17H27N5O2S. The summed E-state index contributed by atoms with van der Waals surface area (Å²) in [5, 5.41) is 4.02. The van der Waals surface area contributed by atoms with Crippen LogP contribution in [-0.2, 0) is 11.2 Å². The molecule has 0 bridgehead atoms. The molecule has 1 unspecified atom stereocenters. The minimum absolute atomic E-state index is 0.0301. The van der Waals surface area contributed by atoms with Crippen LogP contribution in [0.3, 0.4) is 0 Å². The summed E-state index contributed by atoms with van der Waals surface area (Å²) in [7, 11) is 0. The highest BCUT2D eigenvalue weighted by atomic mass is 32.1. The second kappa shape index (κ2) is 8.23. The van der Waals surface area contributed by atoms with Crippen molar-refractivity contribution in [1.82, 2.24) is 24.3 Å². The highest BCUT2D eigenvalue weighted by Gasteiger charge is 2.28. The maximum absolute atomic E-state index is 12.6. The molecule has 2 aliphatic rings. The average Bonchev–Trinajstić information content (AvgIpc) is 3.11. The van der Waals surface area contributed by atoms with Crippen molar-refractivity contribution in [2.75, 3.05) is 39.3 Å². The molecule has 2 saturated heterocycles. The van der Waals surface area contributed by atoms with Gasteiger partial charge in [-0.25, -0.2) is 0 Å². The lowest BCUT2D eigenvalue weighted by Gasteiger charge is -2.38. The summed E-state index contributed by atoms with van der Waals surface area (Å²) in [6.45, 7) is 8.28. The first-order chi connectivity index (χ1) is 12.1. The molecule has 2 amide bonds. The number of hydrogen-bond donors (Lipinski definition) is 0. The highest BCUT2D eigenvalue weighted by Crippen LogP contribution is 2.18. The molecule has 1 atom stereocenters. The number of carbonyl (C=O) groups is 2. The molecule has 138 valence electrons. The van der Waals surface area contributed by atoms with E-state index in [9.17, 15) is 9.59 Å². The molecule has 0 N–H and O–H groups in total. The smallest absolute Gasteiger partial charge is 0.267 e. The minimum Gasteiger partial charge on any atom is -0.339 e. The molecule has 2 aliphatic heterocycles. The summed E-state index contributed by atoms with van der Waals surface area (Å²) >= 11 is 1.18. The minimum atomic E-state index is 0.0301. The van der Waals surface area contributed by atoms with Crippen LogP contribution in [0.5, 0.6) is 0 Å². The lowest BCUT2D eigenvalue weighted by atomic mass is 10.0. The zero-order chi connectivity index (χ0) is 17.8. The van der Waals surface area contributed by atoms with Crippen LogP contribution in [0.1, 0.15) is 48.5 Å². The topological polar surface area (TPSA) is 69.6 Å². The molecule has 25 heavy (non-hydrogen) atoms. The van der Waals surface area contributed by atoms with Crippen molar-refractivity contribution in [2.45, 2.75) is 45.6 Å². The summed E-state index contributed by atoms with van der Waals surface area (Å²) in [5.41, 5.74) is 0.784. The number of piperidine rings is 1. The van der Waals surface area contributed by atoms with Gasteiger partial charge in [-0.3, -0.25) is 14.5 Å². The van der Waals surface area contributed by atoms with E-state index >= 15 is 0 Å². The van der Waals surface area contributed by atoms with Crippen LogP contribution in [-0.4, -0.2) is 81.4 Å². The van der Waals surface area contributed by atoms with Gasteiger partial charge in [0.1, 0.15) is 4.88 Å². The molecule has 7 nitrogen and oxygen atoms in total. The van der Waals surface area contributed by atoms with E-state index < -0.39 is 0 Å². The third-order valence-corrected chi connectivity index (χ3v) is 5.98. The van der Waals surface area contributed by atoms with E-state index in [-0.39, 0.29) is 11.8 Å². The molecule has 0 aliphatic carbocycles. The lowest BCUT2D eigenvalue weighted by molar-refractivity contribution is -0.136. The average molecular weight is 366 g/mol. The Bertz CT molecular complexity index is 612. The van der Waals surface area contributed by atoms with Gasteiger partial charge in [0, 0.05) is 38.8 Å². The number of hydrogen-bond acceptors (Lipinski definition) is 6. The van der Waals surface area contributed by atoms with Gasteiger partial charge >= 0.3 is 0 Å². The summed E-state index contributed by atoms with van der Waals surface area (Å²) < 4.78 is 3.91. The molecule has 0 saturated carbocycles. The van der Waals surface area contributed by atoms with E-state index in [0.29, 0.717) is 30.6 Å². The molecule has 0 radical (unpaired) electrons. The van der Waals surface area contributed by atoms with Gasteiger partial charge in [-0.15, -0.1) is 5.10 Å². The predicted octanol–water partition coefficient (Wildman–Crippen LogP) is 1.26. The van der Waals surface area contributed by atoms with Gasteiger partial charge in [-0.2, -0.15) is 0 Å². The Morgan fingerprint density at radius 1 is 1.16 bits per heavy atom. The fourth-order valence-electron chi connectivity index (χ4n) is 3.61. The van der Waals surface area contributed by atoms with Gasteiger partial charge in [-0.05, 0) is 44.1 Å². The first kappa shape index (κ1) is 18.3. The Kier molecular flexibility index (Phi) is 6.01. The highest BCUT2D eigenvalue weighted by molar-refractivity contribution is 7.08. The molecular weight excluding hydrogens is 338 g/mol. The Labute approximate surface area is 153 Å². The van der Waals surface area contributed by atoms with Crippen LogP contribution in [0.15, 0.2) is 0 Å². The Morgan fingerprint density at radius 2 is 1.92 bits per heavy atom. The van der Waals surface area contributed by atoms with E-state index in [2.05, 4.69) is 21.4 Å². The fraction of sp³-hybridized carbons (Fsp3) is 0.765. The number of rotatable bonds is 4. The third-order valence-electron chi connectivity index (χ3n) is 5.23. The molecule has 3 heterocycles. The molecule has 1 aromatic rings. The predicted molar refractivity (Wildman–Crippen MR) is 96.7 cm³/mol. The monoisotopic (exact) mass is 365 g/mol. The number of nitrogens with zero attached hydrogens (tertiary/aromatic N) is 5. The van der Waals surface area contributed by atoms with Gasteiger partial charge in [0.05, 0.1) is 12.2 Å². The number of carbonyl (C=O) groups excluding carboxylic acids is 2. The first-order valence-corrected chi connectivity index (χ1v) is 9.99. The maximum Gasteiger partial charge on any atom is 0.267 e. The molecule has 0 spiro atoms. The van der Waals surface area contributed by atoms with E-state index in [1.54, 1.807) is 0 Å². The van der Waals surface area contributed by atoms with Crippen LogP contribution < -0.4 is 0 Å².